The van der Waals surface area contributed by atoms with Crippen molar-refractivity contribution in [3.05, 3.63) is 17.4 Å². The van der Waals surface area contributed by atoms with Gasteiger partial charge in [0, 0.05) is 0 Å². The first kappa shape index (κ1) is 14.9. The fourth-order valence-electron chi connectivity index (χ4n) is 1.69. The van der Waals surface area contributed by atoms with Crippen molar-refractivity contribution >= 4 is 54.4 Å². The van der Waals surface area contributed by atoms with E-state index >= 15 is 0 Å². The van der Waals surface area contributed by atoms with E-state index in [1.165, 1.54) is 0 Å². The number of aromatic nitrogens is 2. The van der Waals surface area contributed by atoms with Gasteiger partial charge in [-0.25, -0.2) is 0 Å². The van der Waals surface area contributed by atoms with E-state index in [0.717, 1.165) is 21.2 Å². The molecule has 0 atom stereocenters. The minimum atomic E-state index is 0.175. The van der Waals surface area contributed by atoms with Crippen LogP contribution in [-0.2, 0) is 0 Å². The molecule has 0 saturated carbocycles. The molecule has 4 nitrogen and oxygen atoms in total. The molecule has 2 rings (SSSR count). The van der Waals surface area contributed by atoms with Crippen LogP contribution in [0, 0.1) is 0 Å². The summed E-state index contributed by atoms with van der Waals surface area (Å²) >= 11 is 8.67. The van der Waals surface area contributed by atoms with Gasteiger partial charge in [-0.05, 0) is 0 Å². The van der Waals surface area contributed by atoms with E-state index in [0.29, 0.717) is 19.0 Å². The second-order valence-corrected chi connectivity index (χ2v) is 7.09. The molecule has 19 heavy (non-hydrogen) atoms. The van der Waals surface area contributed by atoms with E-state index in [1.54, 1.807) is 0 Å². The zero-order valence-electron chi connectivity index (χ0n) is 10.5. The third kappa shape index (κ3) is 3.33. The second-order valence-electron chi connectivity index (χ2n) is 3.57. The molecule has 0 N–H and O–H groups in total. The third-order valence-electron chi connectivity index (χ3n) is 2.39. The summed E-state index contributed by atoms with van der Waals surface area (Å²) in [6.45, 7) is 5.04. The van der Waals surface area contributed by atoms with Gasteiger partial charge in [-0.1, -0.05) is 0 Å². The maximum absolute atomic E-state index is 5.94. The SMILES string of the molecule is CCOc1cc2nc(Cl)nc([Se][SeH])c2cc1OCC. The fraction of sp³-hybridized carbons (Fsp3) is 0.333. The predicted octanol–water partition coefficient (Wildman–Crippen LogP) is 1.23. The summed E-state index contributed by atoms with van der Waals surface area (Å²) in [4.78, 5) is 8.52. The van der Waals surface area contributed by atoms with Crippen LogP contribution in [0.5, 0.6) is 11.5 Å². The van der Waals surface area contributed by atoms with Gasteiger partial charge in [0.1, 0.15) is 0 Å². The van der Waals surface area contributed by atoms with E-state index in [4.69, 9.17) is 21.1 Å². The Hall–Kier alpha value is -0.511. The van der Waals surface area contributed by atoms with E-state index in [9.17, 15) is 0 Å². The van der Waals surface area contributed by atoms with Gasteiger partial charge in [0.25, 0.3) is 0 Å². The average molecular weight is 411 g/mol. The van der Waals surface area contributed by atoms with Crippen LogP contribution in [0.4, 0.5) is 0 Å². The Morgan fingerprint density at radius 1 is 1.16 bits per heavy atom. The Bertz CT molecular complexity index is 595. The van der Waals surface area contributed by atoms with Crippen LogP contribution in [0.1, 0.15) is 13.8 Å². The number of nitrogens with zero attached hydrogens (tertiary/aromatic N) is 2. The van der Waals surface area contributed by atoms with Gasteiger partial charge in [0.05, 0.1) is 0 Å². The molecule has 0 aliphatic carbocycles. The maximum atomic E-state index is 5.94. The normalized spacial score (nSPS) is 10.7. The predicted molar refractivity (Wildman–Crippen MR) is 79.4 cm³/mol. The summed E-state index contributed by atoms with van der Waals surface area (Å²) in [6, 6.07) is 3.80. The number of hydrogen-bond acceptors (Lipinski definition) is 4. The van der Waals surface area contributed by atoms with Crippen LogP contribution < -0.4 is 14.1 Å². The molecule has 0 saturated heterocycles. The molecule has 7 heteroatoms. The van der Waals surface area contributed by atoms with Gasteiger partial charge in [-0.3, -0.25) is 0 Å². The van der Waals surface area contributed by atoms with Crippen molar-refractivity contribution in [1.29, 1.82) is 0 Å². The number of benzene rings is 1. The Labute approximate surface area is 129 Å². The molecule has 1 aromatic carbocycles. The molecule has 0 radical (unpaired) electrons. The molecule has 0 aliphatic rings. The Morgan fingerprint density at radius 3 is 2.37 bits per heavy atom. The number of rotatable bonds is 5. The summed E-state index contributed by atoms with van der Waals surface area (Å²) in [6.07, 6.45) is 0. The first-order valence-electron chi connectivity index (χ1n) is 5.77. The Kier molecular flexibility index (Phi) is 5.31. The zero-order chi connectivity index (χ0) is 13.8. The molecule has 0 spiro atoms. The van der Waals surface area contributed by atoms with Crippen molar-refractivity contribution in [1.82, 2.24) is 9.97 Å². The first-order chi connectivity index (χ1) is 9.19. The fourth-order valence-corrected chi connectivity index (χ4v) is 4.31. The van der Waals surface area contributed by atoms with Crippen LogP contribution in [0.15, 0.2) is 12.1 Å². The third-order valence-corrected chi connectivity index (χ3v) is 5.46. The van der Waals surface area contributed by atoms with E-state index in [2.05, 4.69) is 24.2 Å². The van der Waals surface area contributed by atoms with Crippen LogP contribution in [0.25, 0.3) is 10.9 Å². The topological polar surface area (TPSA) is 44.2 Å². The summed E-state index contributed by atoms with van der Waals surface area (Å²) in [5.74, 6) is 1.41. The van der Waals surface area contributed by atoms with E-state index in [-0.39, 0.29) is 18.4 Å². The average Bonchev–Trinajstić information content (AvgIpc) is 2.39. The van der Waals surface area contributed by atoms with Gasteiger partial charge in [0.2, 0.25) is 0 Å². The number of halogens is 1. The van der Waals surface area contributed by atoms with Crippen molar-refractivity contribution < 1.29 is 9.47 Å². The number of ether oxygens (including phenoxy) is 2. The van der Waals surface area contributed by atoms with Crippen LogP contribution in [0.2, 0.25) is 5.28 Å². The molecule has 0 aliphatic heterocycles. The summed E-state index contributed by atoms with van der Waals surface area (Å²) in [7, 11) is 0. The van der Waals surface area contributed by atoms with Crippen molar-refractivity contribution in [2.45, 2.75) is 13.8 Å². The molecule has 1 heterocycles. The van der Waals surface area contributed by atoms with Gasteiger partial charge in [0.15, 0.2) is 0 Å². The van der Waals surface area contributed by atoms with Gasteiger partial charge in [-0.2, -0.15) is 0 Å². The number of hydrogen-bond donors (Lipinski definition) is 0. The molecule has 1 aromatic heterocycles. The summed E-state index contributed by atoms with van der Waals surface area (Å²) in [5, 5.41) is 1.24. The van der Waals surface area contributed by atoms with Gasteiger partial charge < -0.3 is 0 Å². The molecule has 0 bridgehead atoms. The van der Waals surface area contributed by atoms with Crippen molar-refractivity contribution in [3.8, 4) is 11.5 Å². The Morgan fingerprint density at radius 2 is 1.79 bits per heavy atom. The molecule has 0 unspecified atom stereocenters. The molecule has 2 aromatic rings. The minimum absolute atomic E-state index is 0.175. The van der Waals surface area contributed by atoms with E-state index in [1.807, 2.05) is 26.0 Å². The van der Waals surface area contributed by atoms with Gasteiger partial charge in [-0.15, -0.1) is 0 Å². The van der Waals surface area contributed by atoms with Crippen LogP contribution in [0.3, 0.4) is 0 Å². The van der Waals surface area contributed by atoms with Crippen LogP contribution in [-0.4, -0.2) is 50.5 Å². The molecule has 102 valence electrons. The summed E-state index contributed by atoms with van der Waals surface area (Å²) in [5.41, 5.74) is 0.787. The molecule has 0 amide bonds. The van der Waals surface area contributed by atoms with Crippen molar-refractivity contribution in [2.24, 2.45) is 0 Å². The Balaban J connectivity index is 2.65. The standard InChI is InChI=1S/C12H13ClN2O2Se2/c1-3-16-9-5-7-8(6-10(9)17-4-2)14-12(13)15-11(7)19-18/h5-6,18H,3-4H2,1-2H3. The van der Waals surface area contributed by atoms with Gasteiger partial charge >= 0.3 is 130 Å². The second kappa shape index (κ2) is 6.78. The molecular formula is C12H13ClN2O2Se2. The first-order valence-corrected chi connectivity index (χ1v) is 11.8. The zero-order valence-corrected chi connectivity index (χ0v) is 14.9. The summed E-state index contributed by atoms with van der Waals surface area (Å²) < 4.78 is 12.1. The number of fused-ring (bicyclic) bond motifs is 1. The van der Waals surface area contributed by atoms with Crippen molar-refractivity contribution in [2.75, 3.05) is 13.2 Å². The van der Waals surface area contributed by atoms with E-state index < -0.39 is 0 Å². The van der Waals surface area contributed by atoms with Crippen LogP contribution >= 0.6 is 11.6 Å². The van der Waals surface area contributed by atoms with Crippen molar-refractivity contribution in [3.63, 3.8) is 0 Å². The molecular weight excluding hydrogens is 398 g/mol. The monoisotopic (exact) mass is 412 g/mol. The quantitative estimate of drug-likeness (QED) is 0.549. The molecule has 0 fully saturated rings.